The highest BCUT2D eigenvalue weighted by atomic mass is 32.2. The number of aromatic amines is 1. The number of ether oxygens (including phenoxy) is 1. The first-order chi connectivity index (χ1) is 14.7. The summed E-state index contributed by atoms with van der Waals surface area (Å²) in [6, 6.07) is 7.56. The highest BCUT2D eigenvalue weighted by Crippen LogP contribution is 2.38. The van der Waals surface area contributed by atoms with Crippen LogP contribution in [-0.2, 0) is 9.84 Å². The molecular formula is C23H25NO6S. The second-order valence-corrected chi connectivity index (χ2v) is 10.3. The number of phenolic OH excluding ortho intramolecular Hbond substituents is 1. The Morgan fingerprint density at radius 2 is 1.87 bits per heavy atom. The summed E-state index contributed by atoms with van der Waals surface area (Å²) in [5, 5.41) is 20.2. The molecule has 164 valence electrons. The predicted octanol–water partition coefficient (Wildman–Crippen LogP) is 4.94. The van der Waals surface area contributed by atoms with Gasteiger partial charge in [0.15, 0.2) is 9.84 Å². The molecule has 1 aliphatic rings. The normalized spacial score (nSPS) is 14.9. The van der Waals surface area contributed by atoms with E-state index in [1.165, 1.54) is 18.2 Å². The van der Waals surface area contributed by atoms with Crippen LogP contribution in [0.1, 0.15) is 47.3 Å². The van der Waals surface area contributed by atoms with Crippen molar-refractivity contribution in [1.29, 1.82) is 0 Å². The Morgan fingerprint density at radius 3 is 2.55 bits per heavy atom. The van der Waals surface area contributed by atoms with Crippen molar-refractivity contribution in [2.24, 2.45) is 5.92 Å². The fourth-order valence-electron chi connectivity index (χ4n) is 4.37. The number of aromatic nitrogens is 1. The molecule has 31 heavy (non-hydrogen) atoms. The van der Waals surface area contributed by atoms with Gasteiger partial charge in [-0.25, -0.2) is 13.2 Å². The minimum absolute atomic E-state index is 0.0232. The lowest BCUT2D eigenvalue weighted by molar-refractivity contribution is 0.0691. The monoisotopic (exact) mass is 443 g/mol. The zero-order chi connectivity index (χ0) is 22.3. The van der Waals surface area contributed by atoms with Gasteiger partial charge in [0, 0.05) is 22.5 Å². The van der Waals surface area contributed by atoms with Crippen LogP contribution in [0.4, 0.5) is 0 Å². The van der Waals surface area contributed by atoms with E-state index in [0.717, 1.165) is 36.8 Å². The molecular weight excluding hydrogens is 418 g/mol. The van der Waals surface area contributed by atoms with Crippen LogP contribution in [0.15, 0.2) is 35.2 Å². The molecule has 2 aromatic carbocycles. The number of hydrogen-bond acceptors (Lipinski definition) is 5. The number of carboxylic acids is 1. The molecule has 3 N–H and O–H groups in total. The highest BCUT2D eigenvalue weighted by Gasteiger charge is 2.27. The predicted molar refractivity (Wildman–Crippen MR) is 117 cm³/mol. The maximum atomic E-state index is 12.9. The molecule has 0 amide bonds. The standard InChI is InChI=1S/C23H25NO6S/c1-13-9-18-17(11-19(24-18)23(26)27)14(2)22(13)30-16-7-8-20(25)21(10-16)31(28,29)12-15-5-3-4-6-15/h7-11,15,24-25H,3-6,12H2,1-2H3,(H,26,27). The second-order valence-electron chi connectivity index (χ2n) is 8.26. The largest absolute Gasteiger partial charge is 0.507 e. The zero-order valence-corrected chi connectivity index (χ0v) is 18.3. The Morgan fingerprint density at radius 1 is 1.16 bits per heavy atom. The van der Waals surface area contributed by atoms with Crippen molar-refractivity contribution < 1.29 is 28.2 Å². The minimum Gasteiger partial charge on any atom is -0.507 e. The number of fused-ring (bicyclic) bond motifs is 1. The van der Waals surface area contributed by atoms with Crippen molar-refractivity contribution in [2.45, 2.75) is 44.4 Å². The Balaban J connectivity index is 1.69. The van der Waals surface area contributed by atoms with Crippen LogP contribution in [0.2, 0.25) is 0 Å². The van der Waals surface area contributed by atoms with E-state index in [0.29, 0.717) is 22.4 Å². The quantitative estimate of drug-likeness (QED) is 0.497. The molecule has 1 heterocycles. The molecule has 3 aromatic rings. The molecule has 1 aliphatic carbocycles. The lowest BCUT2D eigenvalue weighted by atomic mass is 10.1. The van der Waals surface area contributed by atoms with Gasteiger partial charge in [0.2, 0.25) is 0 Å². The van der Waals surface area contributed by atoms with Crippen LogP contribution >= 0.6 is 0 Å². The first-order valence-electron chi connectivity index (χ1n) is 10.3. The summed E-state index contributed by atoms with van der Waals surface area (Å²) in [5.74, 6) is -0.374. The van der Waals surface area contributed by atoms with Gasteiger partial charge in [-0.3, -0.25) is 0 Å². The van der Waals surface area contributed by atoms with Gasteiger partial charge in [-0.2, -0.15) is 0 Å². The highest BCUT2D eigenvalue weighted by molar-refractivity contribution is 7.91. The molecule has 0 atom stereocenters. The number of carbonyl (C=O) groups is 1. The third kappa shape index (κ3) is 4.12. The number of benzene rings is 2. The average Bonchev–Trinajstić information content (AvgIpc) is 3.35. The fourth-order valence-corrected chi connectivity index (χ4v) is 6.18. The molecule has 0 saturated heterocycles. The molecule has 1 aromatic heterocycles. The smallest absolute Gasteiger partial charge is 0.352 e. The lowest BCUT2D eigenvalue weighted by Gasteiger charge is -2.15. The Labute approximate surface area is 180 Å². The van der Waals surface area contributed by atoms with Gasteiger partial charge < -0.3 is 19.9 Å². The van der Waals surface area contributed by atoms with E-state index in [2.05, 4.69) is 4.98 Å². The van der Waals surface area contributed by atoms with Gasteiger partial charge in [-0.05, 0) is 62.4 Å². The molecule has 8 heteroatoms. The molecule has 4 rings (SSSR count). The number of phenols is 1. The SMILES string of the molecule is Cc1cc2[nH]c(C(=O)O)cc2c(C)c1Oc1ccc(O)c(S(=O)(=O)CC2CCCC2)c1. The number of carboxylic acid groups (broad SMARTS) is 1. The van der Waals surface area contributed by atoms with Crippen LogP contribution < -0.4 is 4.74 Å². The van der Waals surface area contributed by atoms with Crippen LogP contribution in [0.5, 0.6) is 17.2 Å². The van der Waals surface area contributed by atoms with Crippen LogP contribution in [0.3, 0.4) is 0 Å². The maximum Gasteiger partial charge on any atom is 0.352 e. The van der Waals surface area contributed by atoms with E-state index in [4.69, 9.17) is 4.74 Å². The molecule has 0 unspecified atom stereocenters. The number of rotatable bonds is 6. The molecule has 0 bridgehead atoms. The summed E-state index contributed by atoms with van der Waals surface area (Å²) in [7, 11) is -3.65. The number of aromatic carboxylic acids is 1. The molecule has 1 saturated carbocycles. The van der Waals surface area contributed by atoms with Gasteiger partial charge in [0.1, 0.15) is 27.8 Å². The van der Waals surface area contributed by atoms with Gasteiger partial charge in [-0.15, -0.1) is 0 Å². The zero-order valence-electron chi connectivity index (χ0n) is 17.4. The number of hydrogen-bond donors (Lipinski definition) is 3. The fraction of sp³-hybridized carbons (Fsp3) is 0.348. The third-order valence-electron chi connectivity index (χ3n) is 5.96. The number of sulfone groups is 1. The van der Waals surface area contributed by atoms with E-state index >= 15 is 0 Å². The lowest BCUT2D eigenvalue weighted by Crippen LogP contribution is -2.14. The van der Waals surface area contributed by atoms with Crippen molar-refractivity contribution in [3.8, 4) is 17.2 Å². The first-order valence-corrected chi connectivity index (χ1v) is 11.9. The molecule has 0 radical (unpaired) electrons. The molecule has 1 fully saturated rings. The number of nitrogens with one attached hydrogen (secondary N) is 1. The van der Waals surface area contributed by atoms with Crippen molar-refractivity contribution >= 4 is 26.7 Å². The van der Waals surface area contributed by atoms with Crippen LogP contribution in [0.25, 0.3) is 10.9 Å². The van der Waals surface area contributed by atoms with Crippen molar-refractivity contribution in [1.82, 2.24) is 4.98 Å². The summed E-state index contributed by atoms with van der Waals surface area (Å²) < 4.78 is 31.9. The average molecular weight is 444 g/mol. The van der Waals surface area contributed by atoms with Gasteiger partial charge in [0.25, 0.3) is 0 Å². The van der Waals surface area contributed by atoms with Crippen LogP contribution in [0, 0.1) is 19.8 Å². The Bertz CT molecular complexity index is 1270. The Hall–Kier alpha value is -3.00. The van der Waals surface area contributed by atoms with E-state index < -0.39 is 15.8 Å². The van der Waals surface area contributed by atoms with Crippen molar-refractivity contribution in [3.63, 3.8) is 0 Å². The number of H-pyrrole nitrogens is 1. The van der Waals surface area contributed by atoms with E-state index in [1.807, 2.05) is 13.8 Å². The van der Waals surface area contributed by atoms with E-state index in [-0.39, 0.29) is 28.0 Å². The van der Waals surface area contributed by atoms with Crippen molar-refractivity contribution in [2.75, 3.05) is 5.75 Å². The first kappa shape index (κ1) is 21.2. The summed E-state index contributed by atoms with van der Waals surface area (Å²) in [6.07, 6.45) is 3.87. The van der Waals surface area contributed by atoms with E-state index in [1.54, 1.807) is 12.1 Å². The molecule has 7 nitrogen and oxygen atoms in total. The maximum absolute atomic E-state index is 12.9. The van der Waals surface area contributed by atoms with Gasteiger partial charge in [0.05, 0.1) is 5.75 Å². The summed E-state index contributed by atoms with van der Waals surface area (Å²) in [6.45, 7) is 3.66. The Kier molecular flexibility index (Phi) is 5.43. The molecule has 0 spiro atoms. The third-order valence-corrected chi connectivity index (χ3v) is 7.87. The second kappa shape index (κ2) is 7.92. The minimum atomic E-state index is -3.65. The molecule has 0 aliphatic heterocycles. The van der Waals surface area contributed by atoms with Crippen molar-refractivity contribution in [3.05, 3.63) is 47.2 Å². The topological polar surface area (TPSA) is 117 Å². The van der Waals surface area contributed by atoms with E-state index in [9.17, 15) is 23.4 Å². The van der Waals surface area contributed by atoms with Gasteiger partial charge in [-0.1, -0.05) is 12.8 Å². The number of aryl methyl sites for hydroxylation is 2. The van der Waals surface area contributed by atoms with Crippen LogP contribution in [-0.4, -0.2) is 35.3 Å². The van der Waals surface area contributed by atoms with Gasteiger partial charge >= 0.3 is 5.97 Å². The summed E-state index contributed by atoms with van der Waals surface area (Å²) in [5.41, 5.74) is 2.28. The summed E-state index contributed by atoms with van der Waals surface area (Å²) >= 11 is 0. The number of aromatic hydroxyl groups is 1. The summed E-state index contributed by atoms with van der Waals surface area (Å²) in [4.78, 5) is 14.0.